The molecular formula is C53H65F3N10O7. The third kappa shape index (κ3) is 12.8. The second-order valence-electron chi connectivity index (χ2n) is 20.2. The van der Waals surface area contributed by atoms with Crippen molar-refractivity contribution < 1.29 is 46.9 Å². The summed E-state index contributed by atoms with van der Waals surface area (Å²) >= 11 is 0. The highest BCUT2D eigenvalue weighted by molar-refractivity contribution is 6.10. The van der Waals surface area contributed by atoms with Gasteiger partial charge in [-0.3, -0.25) is 29.6 Å². The molecule has 73 heavy (non-hydrogen) atoms. The van der Waals surface area contributed by atoms with E-state index in [9.17, 15) is 32.7 Å². The molecule has 6 heterocycles. The number of hydrogen-bond donors (Lipinski definition) is 3. The summed E-state index contributed by atoms with van der Waals surface area (Å²) in [5, 5.41) is 17.8. The SMILES string of the molecule is CC(C)(C)OC(=O)N(CCOCCOCCN1CCN(Cc2ccc(-c3cn([C@H]4CC[C@H](O)CC4)c4nc(NCCC(F)(F)F)ncc34)cc2)CC1)c1ccc2c(c1)c1cccnc1n2C1CCC(=O)NC1=O. The zero-order chi connectivity index (χ0) is 51.3. The van der Waals surface area contributed by atoms with Gasteiger partial charge in [-0.15, -0.1) is 0 Å². The topological polar surface area (TPSA) is 181 Å². The maximum Gasteiger partial charge on any atom is 0.414 e. The molecule has 9 rings (SSSR count). The number of ether oxygens (including phenoxy) is 3. The first kappa shape index (κ1) is 51.7. The molecule has 1 atom stereocenters. The van der Waals surface area contributed by atoms with Gasteiger partial charge in [0, 0.05) is 104 Å². The van der Waals surface area contributed by atoms with Crippen LogP contribution in [0.1, 0.15) is 83.4 Å². The standard InChI is InChI=1S/C53H65F3N10O7/c1-52(2,3)73-51(70)64(38-12-15-44-41(31-38)40-5-4-19-57-47(40)66(44)45-16-17-46(68)60-49(45)69)26-28-72-30-29-71-27-25-62-21-23-63(24-22-62)33-35-6-8-36(9-7-35)43-34-65(37-10-13-39(67)14-11-37)48-42(43)32-59-50(61-48)58-20-18-53(54,55)56/h4-9,12,15,19,31-32,34,37,39,45,67H,10-11,13-14,16-18,20-30,33H2,1-3H3,(H,58,59,61)(H,60,68,69)/t37-,39-,45?. The average Bonchev–Trinajstić information content (AvgIpc) is 3.89. The number of carbonyl (C=O) groups excluding carboxylic acids is 3. The monoisotopic (exact) mass is 1010 g/mol. The number of benzene rings is 2. The molecule has 0 bridgehead atoms. The van der Waals surface area contributed by atoms with Gasteiger partial charge in [-0.2, -0.15) is 18.2 Å². The van der Waals surface area contributed by atoms with Gasteiger partial charge in [-0.1, -0.05) is 24.3 Å². The van der Waals surface area contributed by atoms with E-state index in [1.807, 2.05) is 55.7 Å². The Balaban J connectivity index is 0.731. The van der Waals surface area contributed by atoms with Crippen molar-refractivity contribution in [2.45, 2.75) is 102 Å². The van der Waals surface area contributed by atoms with E-state index in [1.165, 1.54) is 5.56 Å². The van der Waals surface area contributed by atoms with Crippen LogP contribution in [0.5, 0.6) is 0 Å². The number of rotatable bonds is 18. The molecule has 2 saturated heterocycles. The highest BCUT2D eigenvalue weighted by Crippen LogP contribution is 2.38. The number of carbonyl (C=O) groups is 3. The van der Waals surface area contributed by atoms with Gasteiger partial charge in [0.15, 0.2) is 0 Å². The number of anilines is 2. The van der Waals surface area contributed by atoms with E-state index < -0.39 is 30.3 Å². The predicted molar refractivity (Wildman–Crippen MR) is 271 cm³/mol. The molecule has 20 heteroatoms. The van der Waals surface area contributed by atoms with Crippen LogP contribution >= 0.6 is 0 Å². The van der Waals surface area contributed by atoms with Gasteiger partial charge in [0.1, 0.15) is 22.9 Å². The van der Waals surface area contributed by atoms with Gasteiger partial charge in [0.25, 0.3) is 0 Å². The summed E-state index contributed by atoms with van der Waals surface area (Å²) in [6.45, 7) is 12.3. The highest BCUT2D eigenvalue weighted by atomic mass is 19.4. The molecule has 390 valence electrons. The van der Waals surface area contributed by atoms with Crippen LogP contribution < -0.4 is 15.5 Å². The zero-order valence-electron chi connectivity index (χ0n) is 41.7. The van der Waals surface area contributed by atoms with E-state index in [4.69, 9.17) is 14.2 Å². The molecule has 3 amide bonds. The van der Waals surface area contributed by atoms with E-state index in [1.54, 1.807) is 17.3 Å². The van der Waals surface area contributed by atoms with E-state index in [-0.39, 0.29) is 56.0 Å². The Kier molecular flexibility index (Phi) is 15.9. The van der Waals surface area contributed by atoms with E-state index >= 15 is 0 Å². The van der Waals surface area contributed by atoms with Gasteiger partial charge < -0.3 is 33.8 Å². The van der Waals surface area contributed by atoms with Crippen molar-refractivity contribution >= 4 is 62.5 Å². The summed E-state index contributed by atoms with van der Waals surface area (Å²) in [5.74, 6) is -0.495. The summed E-state index contributed by atoms with van der Waals surface area (Å²) in [4.78, 5) is 58.6. The van der Waals surface area contributed by atoms with E-state index in [2.05, 4.69) is 70.4 Å². The van der Waals surface area contributed by atoms with Crippen molar-refractivity contribution in [3.05, 3.63) is 78.8 Å². The normalized spacial score (nSPS) is 19.5. The van der Waals surface area contributed by atoms with Crippen molar-refractivity contribution in [1.82, 2.24) is 39.2 Å². The average molecular weight is 1010 g/mol. The van der Waals surface area contributed by atoms with Gasteiger partial charge >= 0.3 is 12.3 Å². The Bertz CT molecular complexity index is 2890. The van der Waals surface area contributed by atoms with Gasteiger partial charge in [0.2, 0.25) is 17.8 Å². The number of halogens is 3. The van der Waals surface area contributed by atoms with Gasteiger partial charge in [-0.25, -0.2) is 14.8 Å². The Morgan fingerprint density at radius 2 is 1.60 bits per heavy atom. The molecular weight excluding hydrogens is 946 g/mol. The Morgan fingerprint density at radius 1 is 0.863 bits per heavy atom. The summed E-state index contributed by atoms with van der Waals surface area (Å²) in [6, 6.07) is 17.4. The fourth-order valence-corrected chi connectivity index (χ4v) is 10.1. The predicted octanol–water partition coefficient (Wildman–Crippen LogP) is 8.01. The maximum atomic E-state index is 13.6. The third-order valence-electron chi connectivity index (χ3n) is 13.8. The molecule has 6 aromatic rings. The quantitative estimate of drug-likeness (QED) is 0.0557. The molecule has 3 N–H and O–H groups in total. The summed E-state index contributed by atoms with van der Waals surface area (Å²) in [6.07, 6.45) is 2.88. The first-order valence-electron chi connectivity index (χ1n) is 25.4. The number of aromatic nitrogens is 5. The Hall–Kier alpha value is -6.19. The van der Waals surface area contributed by atoms with Crippen LogP contribution in [-0.2, 0) is 30.3 Å². The van der Waals surface area contributed by atoms with Crippen molar-refractivity contribution in [2.24, 2.45) is 0 Å². The molecule has 17 nitrogen and oxygen atoms in total. The lowest BCUT2D eigenvalue weighted by molar-refractivity contribution is -0.135. The molecule has 0 spiro atoms. The van der Waals surface area contributed by atoms with E-state index in [0.29, 0.717) is 56.1 Å². The number of piperidine rings is 1. The fraction of sp³-hybridized carbons (Fsp3) is 0.509. The van der Waals surface area contributed by atoms with Crippen molar-refractivity contribution in [1.29, 1.82) is 0 Å². The number of aliphatic hydroxyl groups excluding tert-OH is 1. The van der Waals surface area contributed by atoms with E-state index in [0.717, 1.165) is 84.9 Å². The lowest BCUT2D eigenvalue weighted by Crippen LogP contribution is -2.46. The van der Waals surface area contributed by atoms with Gasteiger partial charge in [0.05, 0.1) is 51.0 Å². The number of amides is 3. The third-order valence-corrected chi connectivity index (χ3v) is 13.8. The van der Waals surface area contributed by atoms with Crippen LogP contribution in [-0.4, -0.2) is 147 Å². The molecule has 3 aliphatic rings. The highest BCUT2D eigenvalue weighted by Gasteiger charge is 2.32. The number of hydrogen-bond acceptors (Lipinski definition) is 13. The van der Waals surface area contributed by atoms with Crippen molar-refractivity contribution in [3.8, 4) is 11.1 Å². The molecule has 2 aromatic carbocycles. The number of imide groups is 1. The smallest absolute Gasteiger partial charge is 0.414 e. The van der Waals surface area contributed by atoms with Crippen LogP contribution in [0.25, 0.3) is 44.1 Å². The maximum absolute atomic E-state index is 13.6. The van der Waals surface area contributed by atoms with Crippen LogP contribution in [0.2, 0.25) is 0 Å². The number of aliphatic hydroxyl groups is 1. The minimum atomic E-state index is -4.28. The van der Waals surface area contributed by atoms with Gasteiger partial charge in [-0.05, 0) is 94.3 Å². The summed E-state index contributed by atoms with van der Waals surface area (Å²) < 4.78 is 60.2. The molecule has 1 aliphatic carbocycles. The number of piperazine rings is 1. The second-order valence-corrected chi connectivity index (χ2v) is 20.2. The largest absolute Gasteiger partial charge is 0.443 e. The second kappa shape index (κ2) is 22.5. The number of alkyl halides is 3. The number of pyridine rings is 1. The lowest BCUT2D eigenvalue weighted by Gasteiger charge is -2.34. The molecule has 4 aromatic heterocycles. The van der Waals surface area contributed by atoms with Crippen LogP contribution in [0.4, 0.5) is 29.6 Å². The van der Waals surface area contributed by atoms with Crippen LogP contribution in [0.15, 0.2) is 73.2 Å². The molecule has 1 unspecified atom stereocenters. The van der Waals surface area contributed by atoms with Crippen LogP contribution in [0, 0.1) is 0 Å². The molecule has 2 aliphatic heterocycles. The molecule has 3 fully saturated rings. The fourth-order valence-electron chi connectivity index (χ4n) is 10.1. The van der Waals surface area contributed by atoms with Crippen molar-refractivity contribution in [3.63, 3.8) is 0 Å². The summed E-state index contributed by atoms with van der Waals surface area (Å²) in [7, 11) is 0. The Labute approximate surface area is 422 Å². The first-order chi connectivity index (χ1) is 35.1. The number of fused-ring (bicyclic) bond motifs is 4. The minimum absolute atomic E-state index is 0.116. The van der Waals surface area contributed by atoms with Crippen molar-refractivity contribution in [2.75, 3.05) is 82.5 Å². The summed E-state index contributed by atoms with van der Waals surface area (Å²) in [5.41, 5.74) is 5.10. The Morgan fingerprint density at radius 3 is 2.33 bits per heavy atom. The number of nitrogens with zero attached hydrogens (tertiary/aromatic N) is 8. The minimum Gasteiger partial charge on any atom is -0.443 e. The van der Waals surface area contributed by atoms with Crippen LogP contribution in [0.3, 0.4) is 0 Å². The molecule has 1 saturated carbocycles. The lowest BCUT2D eigenvalue weighted by atomic mass is 9.93. The number of nitrogens with one attached hydrogen (secondary N) is 2. The first-order valence-corrected chi connectivity index (χ1v) is 25.4. The zero-order valence-corrected chi connectivity index (χ0v) is 41.7. The molecule has 0 radical (unpaired) electrons.